The molecule has 1 aliphatic heterocycles. The van der Waals surface area contributed by atoms with Crippen LogP contribution in [-0.4, -0.2) is 32.8 Å². The zero-order valence-electron chi connectivity index (χ0n) is 14.0. The molecule has 5 nitrogen and oxygen atoms in total. The van der Waals surface area contributed by atoms with E-state index in [0.29, 0.717) is 0 Å². The zero-order chi connectivity index (χ0) is 16.8. The van der Waals surface area contributed by atoms with E-state index in [1.54, 1.807) is 38.1 Å². The van der Waals surface area contributed by atoms with E-state index in [1.807, 2.05) is 27.7 Å². The number of nitrogens with one attached hydrogen (secondary N) is 1. The van der Waals surface area contributed by atoms with Gasteiger partial charge in [-0.1, -0.05) is 12.1 Å². The molecule has 2 rings (SSSR count). The third kappa shape index (κ3) is 3.37. The van der Waals surface area contributed by atoms with Crippen molar-refractivity contribution in [2.24, 2.45) is 0 Å². The van der Waals surface area contributed by atoms with Crippen LogP contribution >= 0.6 is 0 Å². The van der Waals surface area contributed by atoms with Crippen molar-refractivity contribution in [3.63, 3.8) is 0 Å². The Morgan fingerprint density at radius 2 is 1.45 bits per heavy atom. The molecule has 122 valence electrons. The van der Waals surface area contributed by atoms with Gasteiger partial charge in [0.05, 0.1) is 16.1 Å². The number of hydrogen-bond donors (Lipinski definition) is 1. The molecule has 0 atom stereocenters. The van der Waals surface area contributed by atoms with Gasteiger partial charge in [0.1, 0.15) is 0 Å². The Bertz CT molecular complexity index is 622. The van der Waals surface area contributed by atoms with Gasteiger partial charge in [0.2, 0.25) is 10.0 Å². The van der Waals surface area contributed by atoms with Crippen molar-refractivity contribution in [1.82, 2.24) is 4.72 Å². The maximum atomic E-state index is 12.1. The molecule has 7 heteroatoms. The van der Waals surface area contributed by atoms with Crippen molar-refractivity contribution in [2.75, 3.05) is 0 Å². The third-order valence-electron chi connectivity index (χ3n) is 4.11. The van der Waals surface area contributed by atoms with Crippen molar-refractivity contribution < 1.29 is 17.7 Å². The Morgan fingerprint density at radius 3 is 1.86 bits per heavy atom. The van der Waals surface area contributed by atoms with Crippen LogP contribution in [0.15, 0.2) is 29.2 Å². The molecule has 1 aromatic carbocycles. The summed E-state index contributed by atoms with van der Waals surface area (Å²) in [5.41, 5.74) is -0.0226. The molecule has 0 radical (unpaired) electrons. The summed E-state index contributed by atoms with van der Waals surface area (Å²) in [5, 5.41) is 0. The van der Waals surface area contributed by atoms with Crippen LogP contribution in [0.1, 0.15) is 41.5 Å². The summed E-state index contributed by atoms with van der Waals surface area (Å²) in [5.74, 6) is 0. The second kappa shape index (κ2) is 5.63. The summed E-state index contributed by atoms with van der Waals surface area (Å²) in [7, 11) is -3.96. The highest BCUT2D eigenvalue weighted by Gasteiger charge is 2.51. The Balaban J connectivity index is 2.21. The van der Waals surface area contributed by atoms with Gasteiger partial charge in [-0.25, -0.2) is 13.1 Å². The van der Waals surface area contributed by atoms with E-state index in [2.05, 4.69) is 4.72 Å². The smallest absolute Gasteiger partial charge is 0.399 e. The molecule has 0 bridgehead atoms. The summed E-state index contributed by atoms with van der Waals surface area (Å²) >= 11 is 0. The molecule has 0 aliphatic carbocycles. The first-order valence-electron chi connectivity index (χ1n) is 7.42. The van der Waals surface area contributed by atoms with Crippen LogP contribution in [0.3, 0.4) is 0 Å². The first-order valence-corrected chi connectivity index (χ1v) is 8.91. The lowest BCUT2D eigenvalue weighted by molar-refractivity contribution is 0.00578. The van der Waals surface area contributed by atoms with Crippen LogP contribution in [0.4, 0.5) is 0 Å². The lowest BCUT2D eigenvalue weighted by Crippen LogP contribution is -2.41. The monoisotopic (exact) mass is 325 g/mol. The third-order valence-corrected chi connectivity index (χ3v) is 5.78. The number of benzene rings is 1. The van der Waals surface area contributed by atoms with Gasteiger partial charge in [-0.3, -0.25) is 0 Å². The molecule has 0 unspecified atom stereocenters. The average molecular weight is 325 g/mol. The molecule has 1 saturated heterocycles. The molecule has 0 amide bonds. The maximum absolute atomic E-state index is 12.1. The molecule has 0 saturated carbocycles. The van der Waals surface area contributed by atoms with E-state index in [0.717, 1.165) is 5.46 Å². The Hall–Kier alpha value is -0.885. The minimum Gasteiger partial charge on any atom is -0.399 e. The molecule has 1 aromatic rings. The average Bonchev–Trinajstić information content (AvgIpc) is 2.57. The minimum absolute atomic E-state index is 0.146. The van der Waals surface area contributed by atoms with Crippen LogP contribution in [0.2, 0.25) is 0 Å². The lowest BCUT2D eigenvalue weighted by Gasteiger charge is -2.32. The largest absolute Gasteiger partial charge is 0.494 e. The SMILES string of the molecule is CC(C)NS(=O)(=O)c1ccc(B2OC(C)(C)C(C)(C)O2)cc1. The normalized spacial score (nSPS) is 20.6. The predicted molar refractivity (Wildman–Crippen MR) is 87.6 cm³/mol. The maximum Gasteiger partial charge on any atom is 0.494 e. The molecule has 1 fully saturated rings. The van der Waals surface area contributed by atoms with Gasteiger partial charge in [-0.15, -0.1) is 0 Å². The molecular formula is C15H24BNO4S. The van der Waals surface area contributed by atoms with Crippen LogP contribution in [0.5, 0.6) is 0 Å². The molecule has 1 aliphatic rings. The quantitative estimate of drug-likeness (QED) is 0.856. The Labute approximate surface area is 133 Å². The first-order chi connectivity index (χ1) is 9.95. The van der Waals surface area contributed by atoms with Crippen molar-refractivity contribution in [3.8, 4) is 0 Å². The van der Waals surface area contributed by atoms with E-state index in [-0.39, 0.29) is 10.9 Å². The fourth-order valence-corrected chi connectivity index (χ4v) is 3.41. The van der Waals surface area contributed by atoms with Gasteiger partial charge in [0.15, 0.2) is 0 Å². The standard InChI is InChI=1S/C15H24BNO4S/c1-11(2)17-22(18,19)13-9-7-12(8-10-13)16-20-14(3,4)15(5,6)21-16/h7-11,17H,1-6H3. The van der Waals surface area contributed by atoms with E-state index < -0.39 is 28.3 Å². The van der Waals surface area contributed by atoms with Crippen LogP contribution in [0.25, 0.3) is 0 Å². The second-order valence-corrected chi connectivity index (χ2v) is 8.65. The van der Waals surface area contributed by atoms with Crippen LogP contribution in [0, 0.1) is 0 Å². The summed E-state index contributed by atoms with van der Waals surface area (Å²) in [6.07, 6.45) is 0. The lowest BCUT2D eigenvalue weighted by atomic mass is 9.79. The van der Waals surface area contributed by atoms with Gasteiger partial charge in [-0.2, -0.15) is 0 Å². The summed E-state index contributed by atoms with van der Waals surface area (Å²) in [6, 6.07) is 6.47. The van der Waals surface area contributed by atoms with Crippen LogP contribution < -0.4 is 10.2 Å². The molecule has 0 spiro atoms. The van der Waals surface area contributed by atoms with Gasteiger partial charge in [0, 0.05) is 6.04 Å². The number of rotatable bonds is 4. The van der Waals surface area contributed by atoms with Crippen molar-refractivity contribution in [3.05, 3.63) is 24.3 Å². The Kier molecular flexibility index (Phi) is 4.47. The van der Waals surface area contributed by atoms with E-state index in [1.165, 1.54) is 0 Å². The van der Waals surface area contributed by atoms with E-state index >= 15 is 0 Å². The van der Waals surface area contributed by atoms with Gasteiger partial charge in [0.25, 0.3) is 0 Å². The highest BCUT2D eigenvalue weighted by atomic mass is 32.2. The van der Waals surface area contributed by atoms with Gasteiger partial charge in [-0.05, 0) is 59.1 Å². The van der Waals surface area contributed by atoms with E-state index in [9.17, 15) is 8.42 Å². The fourth-order valence-electron chi connectivity index (χ4n) is 2.16. The van der Waals surface area contributed by atoms with Crippen molar-refractivity contribution >= 4 is 22.6 Å². The van der Waals surface area contributed by atoms with Crippen LogP contribution in [-0.2, 0) is 19.3 Å². The highest BCUT2D eigenvalue weighted by molar-refractivity contribution is 7.89. The predicted octanol–water partition coefficient (Wildman–Crippen LogP) is 1.67. The second-order valence-electron chi connectivity index (χ2n) is 6.93. The highest BCUT2D eigenvalue weighted by Crippen LogP contribution is 2.36. The van der Waals surface area contributed by atoms with Crippen molar-refractivity contribution in [1.29, 1.82) is 0 Å². The molecular weight excluding hydrogens is 301 g/mol. The first kappa shape index (κ1) is 17.5. The topological polar surface area (TPSA) is 64.6 Å². The molecule has 22 heavy (non-hydrogen) atoms. The summed E-state index contributed by atoms with van der Waals surface area (Å²) < 4.78 is 38.7. The number of hydrogen-bond acceptors (Lipinski definition) is 4. The Morgan fingerprint density at radius 1 is 1.00 bits per heavy atom. The summed E-state index contributed by atoms with van der Waals surface area (Å²) in [4.78, 5) is 0.237. The fraction of sp³-hybridized carbons (Fsp3) is 0.600. The van der Waals surface area contributed by atoms with Gasteiger partial charge >= 0.3 is 7.12 Å². The number of sulfonamides is 1. The molecule has 0 aromatic heterocycles. The molecule has 1 heterocycles. The summed E-state index contributed by atoms with van der Waals surface area (Å²) in [6.45, 7) is 11.5. The van der Waals surface area contributed by atoms with E-state index in [4.69, 9.17) is 9.31 Å². The van der Waals surface area contributed by atoms with Crippen molar-refractivity contribution in [2.45, 2.75) is 63.7 Å². The minimum atomic E-state index is -3.48. The molecule has 1 N–H and O–H groups in total. The zero-order valence-corrected chi connectivity index (χ0v) is 14.8. The van der Waals surface area contributed by atoms with Gasteiger partial charge < -0.3 is 9.31 Å².